The standard InChI is InChI=1S/C26H26N2O2/c29-25(27-19-20-9-3-1-4-10-20)22-15-17-28(18-16-22)26(30)24-14-8-7-13-23(24)21-11-5-2-6-12-21/h1-14,22H,15-19H2,(H,27,29). The molecule has 0 spiro atoms. The summed E-state index contributed by atoms with van der Waals surface area (Å²) in [6.07, 6.45) is 1.39. The molecule has 1 N–H and O–H groups in total. The van der Waals surface area contributed by atoms with E-state index in [2.05, 4.69) is 5.32 Å². The highest BCUT2D eigenvalue weighted by Gasteiger charge is 2.28. The predicted molar refractivity (Wildman–Crippen MR) is 119 cm³/mol. The first kappa shape index (κ1) is 19.9. The van der Waals surface area contributed by atoms with Crippen molar-refractivity contribution in [3.63, 3.8) is 0 Å². The second-order valence-electron chi connectivity index (χ2n) is 7.68. The van der Waals surface area contributed by atoms with Gasteiger partial charge < -0.3 is 10.2 Å². The third-order valence-electron chi connectivity index (χ3n) is 5.70. The number of carbonyl (C=O) groups excluding carboxylic acids is 2. The lowest BCUT2D eigenvalue weighted by molar-refractivity contribution is -0.126. The highest BCUT2D eigenvalue weighted by atomic mass is 16.2. The number of likely N-dealkylation sites (tertiary alicyclic amines) is 1. The van der Waals surface area contributed by atoms with E-state index in [1.54, 1.807) is 0 Å². The maximum Gasteiger partial charge on any atom is 0.254 e. The molecule has 0 atom stereocenters. The second-order valence-corrected chi connectivity index (χ2v) is 7.68. The molecule has 1 aliphatic heterocycles. The van der Waals surface area contributed by atoms with Gasteiger partial charge in [0.25, 0.3) is 5.91 Å². The highest BCUT2D eigenvalue weighted by Crippen LogP contribution is 2.26. The number of nitrogens with zero attached hydrogens (tertiary/aromatic N) is 1. The summed E-state index contributed by atoms with van der Waals surface area (Å²) >= 11 is 0. The van der Waals surface area contributed by atoms with Crippen LogP contribution in [0.3, 0.4) is 0 Å². The fraction of sp³-hybridized carbons (Fsp3) is 0.231. The van der Waals surface area contributed by atoms with Crippen molar-refractivity contribution in [1.29, 1.82) is 0 Å². The van der Waals surface area contributed by atoms with Crippen LogP contribution in [0.2, 0.25) is 0 Å². The molecule has 0 aliphatic carbocycles. The summed E-state index contributed by atoms with van der Waals surface area (Å²) in [5.41, 5.74) is 3.80. The first-order valence-electron chi connectivity index (χ1n) is 10.5. The molecule has 1 saturated heterocycles. The topological polar surface area (TPSA) is 49.4 Å². The summed E-state index contributed by atoms with van der Waals surface area (Å²) < 4.78 is 0. The molecule has 4 rings (SSSR count). The molecule has 4 nitrogen and oxygen atoms in total. The third-order valence-corrected chi connectivity index (χ3v) is 5.70. The molecular formula is C26H26N2O2. The van der Waals surface area contributed by atoms with Gasteiger partial charge in [0.2, 0.25) is 5.91 Å². The minimum absolute atomic E-state index is 0.0394. The SMILES string of the molecule is O=C(NCc1ccccc1)C1CCN(C(=O)c2ccccc2-c2ccccc2)CC1. The number of hydrogen-bond acceptors (Lipinski definition) is 2. The molecule has 152 valence electrons. The van der Waals surface area contributed by atoms with Crippen molar-refractivity contribution in [2.45, 2.75) is 19.4 Å². The van der Waals surface area contributed by atoms with Gasteiger partial charge in [0.1, 0.15) is 0 Å². The van der Waals surface area contributed by atoms with E-state index in [0.717, 1.165) is 22.3 Å². The normalized spacial score (nSPS) is 14.3. The summed E-state index contributed by atoms with van der Waals surface area (Å²) in [6.45, 7) is 1.75. The zero-order chi connectivity index (χ0) is 20.8. The number of nitrogens with one attached hydrogen (secondary N) is 1. The summed E-state index contributed by atoms with van der Waals surface area (Å²) in [5.74, 6) is 0.0790. The Bertz CT molecular complexity index is 994. The summed E-state index contributed by atoms with van der Waals surface area (Å²) in [4.78, 5) is 27.6. The van der Waals surface area contributed by atoms with Gasteiger partial charge in [-0.25, -0.2) is 0 Å². The Morgan fingerprint density at radius 2 is 1.40 bits per heavy atom. The number of carbonyl (C=O) groups is 2. The van der Waals surface area contributed by atoms with Crippen LogP contribution in [-0.2, 0) is 11.3 Å². The molecule has 1 fully saturated rings. The van der Waals surface area contributed by atoms with Gasteiger partial charge in [-0.2, -0.15) is 0 Å². The minimum atomic E-state index is -0.0397. The highest BCUT2D eigenvalue weighted by molar-refractivity contribution is 6.01. The fourth-order valence-corrected chi connectivity index (χ4v) is 3.98. The van der Waals surface area contributed by atoms with E-state index in [-0.39, 0.29) is 17.7 Å². The van der Waals surface area contributed by atoms with Gasteiger partial charge >= 0.3 is 0 Å². The molecule has 3 aromatic carbocycles. The van der Waals surface area contributed by atoms with E-state index in [0.29, 0.717) is 32.5 Å². The van der Waals surface area contributed by atoms with Crippen molar-refractivity contribution in [2.75, 3.05) is 13.1 Å². The van der Waals surface area contributed by atoms with Gasteiger partial charge in [-0.05, 0) is 35.6 Å². The molecule has 0 radical (unpaired) electrons. The van der Waals surface area contributed by atoms with Gasteiger partial charge in [-0.15, -0.1) is 0 Å². The lowest BCUT2D eigenvalue weighted by Crippen LogP contribution is -2.43. The zero-order valence-electron chi connectivity index (χ0n) is 17.0. The smallest absolute Gasteiger partial charge is 0.254 e. The van der Waals surface area contributed by atoms with Crippen LogP contribution in [-0.4, -0.2) is 29.8 Å². The summed E-state index contributed by atoms with van der Waals surface area (Å²) in [7, 11) is 0. The van der Waals surface area contributed by atoms with Crippen molar-refractivity contribution in [1.82, 2.24) is 10.2 Å². The number of rotatable bonds is 5. The largest absolute Gasteiger partial charge is 0.352 e. The van der Waals surface area contributed by atoms with E-state index < -0.39 is 0 Å². The van der Waals surface area contributed by atoms with Crippen LogP contribution in [0.15, 0.2) is 84.9 Å². The Balaban J connectivity index is 1.37. The van der Waals surface area contributed by atoms with Crippen LogP contribution in [0.5, 0.6) is 0 Å². The van der Waals surface area contributed by atoms with Crippen molar-refractivity contribution in [3.05, 3.63) is 96.1 Å². The van der Waals surface area contributed by atoms with Crippen LogP contribution in [0.25, 0.3) is 11.1 Å². The van der Waals surface area contributed by atoms with Crippen molar-refractivity contribution in [2.24, 2.45) is 5.92 Å². The van der Waals surface area contributed by atoms with Gasteiger partial charge in [-0.3, -0.25) is 9.59 Å². The van der Waals surface area contributed by atoms with Gasteiger partial charge in [-0.1, -0.05) is 78.9 Å². The third kappa shape index (κ3) is 4.60. The lowest BCUT2D eigenvalue weighted by atomic mass is 9.94. The van der Waals surface area contributed by atoms with E-state index in [4.69, 9.17) is 0 Å². The summed E-state index contributed by atoms with van der Waals surface area (Å²) in [5, 5.41) is 3.03. The molecule has 0 unspecified atom stereocenters. The lowest BCUT2D eigenvalue weighted by Gasteiger charge is -2.32. The van der Waals surface area contributed by atoms with Gasteiger partial charge in [0.05, 0.1) is 0 Å². The Morgan fingerprint density at radius 3 is 2.10 bits per heavy atom. The monoisotopic (exact) mass is 398 g/mol. The van der Waals surface area contributed by atoms with Crippen LogP contribution < -0.4 is 5.32 Å². The van der Waals surface area contributed by atoms with Gasteiger partial charge in [0.15, 0.2) is 0 Å². The molecule has 1 heterocycles. The van der Waals surface area contributed by atoms with Crippen LogP contribution in [0.4, 0.5) is 0 Å². The molecule has 1 aliphatic rings. The molecule has 3 aromatic rings. The van der Waals surface area contributed by atoms with E-state index in [9.17, 15) is 9.59 Å². The predicted octanol–water partition coefficient (Wildman–Crippen LogP) is 4.52. The maximum atomic E-state index is 13.2. The van der Waals surface area contributed by atoms with Crippen LogP contribution >= 0.6 is 0 Å². The van der Waals surface area contributed by atoms with Crippen molar-refractivity contribution in [3.8, 4) is 11.1 Å². The van der Waals surface area contributed by atoms with Gasteiger partial charge in [0, 0.05) is 31.1 Å². The number of hydrogen-bond donors (Lipinski definition) is 1. The zero-order valence-corrected chi connectivity index (χ0v) is 17.0. The molecule has 4 heteroatoms. The Hall–Kier alpha value is -3.40. The van der Waals surface area contributed by atoms with E-state index in [1.165, 1.54) is 0 Å². The second kappa shape index (κ2) is 9.40. The van der Waals surface area contributed by atoms with Crippen molar-refractivity contribution < 1.29 is 9.59 Å². The van der Waals surface area contributed by atoms with Crippen molar-refractivity contribution >= 4 is 11.8 Å². The quantitative estimate of drug-likeness (QED) is 0.687. The number of amides is 2. The molecule has 0 aromatic heterocycles. The average molecular weight is 399 g/mol. The molecule has 2 amide bonds. The summed E-state index contributed by atoms with van der Waals surface area (Å²) in [6, 6.07) is 27.7. The average Bonchev–Trinajstić information content (AvgIpc) is 2.83. The Morgan fingerprint density at radius 1 is 0.800 bits per heavy atom. The fourth-order valence-electron chi connectivity index (χ4n) is 3.98. The first-order valence-corrected chi connectivity index (χ1v) is 10.5. The molecule has 0 bridgehead atoms. The van der Waals surface area contributed by atoms with Crippen LogP contribution in [0.1, 0.15) is 28.8 Å². The molecule has 30 heavy (non-hydrogen) atoms. The Kier molecular flexibility index (Phi) is 6.23. The maximum absolute atomic E-state index is 13.2. The first-order chi connectivity index (χ1) is 14.7. The minimum Gasteiger partial charge on any atom is -0.352 e. The molecule has 0 saturated carbocycles. The number of benzene rings is 3. The van der Waals surface area contributed by atoms with Crippen LogP contribution in [0, 0.1) is 5.92 Å². The van der Waals surface area contributed by atoms with E-state index >= 15 is 0 Å². The van der Waals surface area contributed by atoms with E-state index in [1.807, 2.05) is 89.8 Å². The molecular weight excluding hydrogens is 372 g/mol. The Labute approximate surface area is 177 Å². The number of piperidine rings is 1.